The van der Waals surface area contributed by atoms with E-state index in [1.165, 1.54) is 0 Å². The fourth-order valence-corrected chi connectivity index (χ4v) is 3.01. The van der Waals surface area contributed by atoms with Crippen LogP contribution < -0.4 is 10.3 Å². The molecule has 0 atom stereocenters. The van der Waals surface area contributed by atoms with Gasteiger partial charge in [0, 0.05) is 13.1 Å². The lowest BCUT2D eigenvalue weighted by Crippen LogP contribution is -2.38. The van der Waals surface area contributed by atoms with Crippen molar-refractivity contribution in [2.24, 2.45) is 5.41 Å². The summed E-state index contributed by atoms with van der Waals surface area (Å²) < 4.78 is 6.06. The molecule has 21 heavy (non-hydrogen) atoms. The van der Waals surface area contributed by atoms with E-state index in [-0.39, 0.29) is 5.43 Å². The van der Waals surface area contributed by atoms with Gasteiger partial charge in [-0.2, -0.15) is 0 Å². The molecule has 0 saturated carbocycles. The molecule has 1 aromatic carbocycles. The highest BCUT2D eigenvalue weighted by Gasteiger charge is 2.28. The summed E-state index contributed by atoms with van der Waals surface area (Å²) in [6.45, 7) is 10.4. The van der Waals surface area contributed by atoms with E-state index in [1.807, 2.05) is 32.0 Å². The number of anilines is 1. The Bertz CT molecular complexity index is 733. The predicted molar refractivity (Wildman–Crippen MR) is 87.2 cm³/mol. The molecule has 0 amide bonds. The maximum absolute atomic E-state index is 12.6. The Morgan fingerprint density at radius 1 is 1.14 bits per heavy atom. The van der Waals surface area contributed by atoms with Gasteiger partial charge in [-0.05, 0) is 44.2 Å². The lowest BCUT2D eigenvalue weighted by atomic mass is 9.82. The van der Waals surface area contributed by atoms with E-state index in [0.717, 1.165) is 42.9 Å². The molecular weight excluding hydrogens is 262 g/mol. The second-order valence-corrected chi connectivity index (χ2v) is 7.01. The molecule has 0 N–H and O–H groups in total. The van der Waals surface area contributed by atoms with Crippen LogP contribution in [0.1, 0.15) is 37.8 Å². The molecule has 1 aromatic heterocycles. The minimum absolute atomic E-state index is 0.0970. The third kappa shape index (κ3) is 2.57. The smallest absolute Gasteiger partial charge is 0.202 e. The van der Waals surface area contributed by atoms with E-state index in [1.54, 1.807) is 0 Å². The van der Waals surface area contributed by atoms with Gasteiger partial charge in [-0.1, -0.05) is 25.5 Å². The quantitative estimate of drug-likeness (QED) is 0.793. The van der Waals surface area contributed by atoms with Crippen LogP contribution in [-0.2, 0) is 0 Å². The van der Waals surface area contributed by atoms with Gasteiger partial charge in [0.15, 0.2) is 5.43 Å². The number of piperidine rings is 1. The van der Waals surface area contributed by atoms with E-state index in [2.05, 4.69) is 18.7 Å². The molecule has 3 heteroatoms. The van der Waals surface area contributed by atoms with Gasteiger partial charge in [-0.15, -0.1) is 0 Å². The Morgan fingerprint density at radius 2 is 1.81 bits per heavy atom. The summed E-state index contributed by atoms with van der Waals surface area (Å²) in [7, 11) is 0. The second kappa shape index (κ2) is 4.90. The minimum atomic E-state index is 0.0970. The van der Waals surface area contributed by atoms with E-state index in [0.29, 0.717) is 16.4 Å². The molecule has 2 heterocycles. The van der Waals surface area contributed by atoms with Gasteiger partial charge >= 0.3 is 0 Å². The number of fused-ring (bicyclic) bond motifs is 1. The minimum Gasteiger partial charge on any atom is -0.440 e. The fourth-order valence-electron chi connectivity index (χ4n) is 3.01. The first-order valence-corrected chi connectivity index (χ1v) is 7.66. The third-order valence-corrected chi connectivity index (χ3v) is 4.65. The molecule has 1 aliphatic rings. The summed E-state index contributed by atoms with van der Waals surface area (Å²) in [5, 5.41) is 0.689. The van der Waals surface area contributed by atoms with Crippen molar-refractivity contribution >= 4 is 16.9 Å². The molecule has 0 bridgehead atoms. The van der Waals surface area contributed by atoms with Crippen molar-refractivity contribution in [2.45, 2.75) is 40.5 Å². The van der Waals surface area contributed by atoms with Crippen LogP contribution in [0.25, 0.3) is 11.0 Å². The van der Waals surface area contributed by atoms with Gasteiger partial charge < -0.3 is 9.32 Å². The monoisotopic (exact) mass is 285 g/mol. The topological polar surface area (TPSA) is 33.5 Å². The fraction of sp³-hybridized carbons (Fsp3) is 0.500. The number of hydrogen-bond acceptors (Lipinski definition) is 3. The molecule has 0 aliphatic carbocycles. The van der Waals surface area contributed by atoms with Crippen molar-refractivity contribution in [3.8, 4) is 0 Å². The van der Waals surface area contributed by atoms with E-state index in [9.17, 15) is 4.79 Å². The number of nitrogens with zero attached hydrogens (tertiary/aromatic N) is 1. The van der Waals surface area contributed by atoms with Gasteiger partial charge in [-0.25, -0.2) is 0 Å². The van der Waals surface area contributed by atoms with Crippen LogP contribution in [0.15, 0.2) is 27.4 Å². The summed E-state index contributed by atoms with van der Waals surface area (Å²) in [6, 6.07) is 5.81. The SMILES string of the molecule is Cc1ccc2oc(N3CCC(C)(C)CC3)c(C)c(=O)c2c1. The average Bonchev–Trinajstić information content (AvgIpc) is 2.44. The molecule has 3 rings (SSSR count). The Hall–Kier alpha value is -1.77. The molecule has 2 aromatic rings. The van der Waals surface area contributed by atoms with Crippen molar-refractivity contribution in [1.29, 1.82) is 0 Å². The van der Waals surface area contributed by atoms with Crippen molar-refractivity contribution in [2.75, 3.05) is 18.0 Å². The Kier molecular flexibility index (Phi) is 3.31. The van der Waals surface area contributed by atoms with Crippen LogP contribution in [0.5, 0.6) is 0 Å². The standard InChI is InChI=1S/C18H23NO2/c1-12-5-6-15-14(11-12)16(20)13(2)17(21-15)19-9-7-18(3,4)8-10-19/h5-6,11H,7-10H2,1-4H3. The Labute approximate surface area is 125 Å². The van der Waals surface area contributed by atoms with Crippen molar-refractivity contribution in [1.82, 2.24) is 0 Å². The number of rotatable bonds is 1. The highest BCUT2D eigenvalue weighted by atomic mass is 16.4. The zero-order chi connectivity index (χ0) is 15.2. The summed E-state index contributed by atoms with van der Waals surface area (Å²) in [4.78, 5) is 14.8. The first kappa shape index (κ1) is 14.2. The van der Waals surface area contributed by atoms with Gasteiger partial charge in [0.05, 0.1) is 10.9 Å². The molecule has 0 radical (unpaired) electrons. The van der Waals surface area contributed by atoms with Crippen molar-refractivity contribution < 1.29 is 4.42 Å². The molecule has 0 spiro atoms. The Morgan fingerprint density at radius 3 is 2.48 bits per heavy atom. The third-order valence-electron chi connectivity index (χ3n) is 4.65. The predicted octanol–water partition coefficient (Wildman–Crippen LogP) is 4.04. The van der Waals surface area contributed by atoms with E-state index < -0.39 is 0 Å². The highest BCUT2D eigenvalue weighted by molar-refractivity contribution is 5.79. The average molecular weight is 285 g/mol. The summed E-state index contributed by atoms with van der Waals surface area (Å²) >= 11 is 0. The lowest BCUT2D eigenvalue weighted by Gasteiger charge is -2.37. The van der Waals surface area contributed by atoms with Crippen LogP contribution in [0, 0.1) is 19.3 Å². The molecule has 1 aliphatic heterocycles. The van der Waals surface area contributed by atoms with Gasteiger partial charge in [-0.3, -0.25) is 4.79 Å². The molecule has 3 nitrogen and oxygen atoms in total. The van der Waals surface area contributed by atoms with Gasteiger partial charge in [0.1, 0.15) is 5.58 Å². The van der Waals surface area contributed by atoms with E-state index >= 15 is 0 Å². The van der Waals surface area contributed by atoms with Crippen LogP contribution in [0.3, 0.4) is 0 Å². The Balaban J connectivity index is 2.06. The number of hydrogen-bond donors (Lipinski definition) is 0. The first-order chi connectivity index (χ1) is 9.87. The summed E-state index contributed by atoms with van der Waals surface area (Å²) in [5.41, 5.74) is 2.99. The maximum Gasteiger partial charge on any atom is 0.202 e. The molecule has 1 saturated heterocycles. The lowest BCUT2D eigenvalue weighted by molar-refractivity contribution is 0.274. The second-order valence-electron chi connectivity index (χ2n) is 7.01. The van der Waals surface area contributed by atoms with Crippen LogP contribution in [0.2, 0.25) is 0 Å². The largest absolute Gasteiger partial charge is 0.440 e. The zero-order valence-corrected chi connectivity index (χ0v) is 13.3. The van der Waals surface area contributed by atoms with Crippen LogP contribution >= 0.6 is 0 Å². The molecular formula is C18H23NO2. The van der Waals surface area contributed by atoms with Gasteiger partial charge in [0.2, 0.25) is 5.88 Å². The van der Waals surface area contributed by atoms with E-state index in [4.69, 9.17) is 4.42 Å². The highest BCUT2D eigenvalue weighted by Crippen LogP contribution is 2.33. The normalized spacial score (nSPS) is 18.2. The van der Waals surface area contributed by atoms with Crippen LogP contribution in [-0.4, -0.2) is 13.1 Å². The molecule has 0 unspecified atom stereocenters. The van der Waals surface area contributed by atoms with Crippen molar-refractivity contribution in [3.63, 3.8) is 0 Å². The van der Waals surface area contributed by atoms with Crippen LogP contribution in [0.4, 0.5) is 5.88 Å². The van der Waals surface area contributed by atoms with Crippen molar-refractivity contribution in [3.05, 3.63) is 39.5 Å². The number of benzene rings is 1. The summed E-state index contributed by atoms with van der Waals surface area (Å²) in [5.74, 6) is 0.756. The van der Waals surface area contributed by atoms with Gasteiger partial charge in [0.25, 0.3) is 0 Å². The number of aryl methyl sites for hydroxylation is 1. The summed E-state index contributed by atoms with van der Waals surface area (Å²) in [6.07, 6.45) is 2.25. The molecule has 112 valence electrons. The maximum atomic E-state index is 12.6. The first-order valence-electron chi connectivity index (χ1n) is 7.66. The zero-order valence-electron chi connectivity index (χ0n) is 13.3. The molecule has 1 fully saturated rings.